The Bertz CT molecular complexity index is 719. The first-order valence-corrected chi connectivity index (χ1v) is 11.6. The topological polar surface area (TPSA) is 47.9 Å². The first-order chi connectivity index (χ1) is 14.9. The predicted octanol–water partition coefficient (Wildman–Crippen LogP) is 7.74. The van der Waals surface area contributed by atoms with Crippen LogP contribution in [0.25, 0.3) is 0 Å². The van der Waals surface area contributed by atoms with E-state index in [0.29, 0.717) is 37.6 Å². The molecule has 0 aliphatic rings. The minimum Gasteiger partial charge on any atom is -0.490 e. The summed E-state index contributed by atoms with van der Waals surface area (Å²) >= 11 is 33.7. The van der Waals surface area contributed by atoms with E-state index in [1.807, 2.05) is 0 Å². The minimum atomic E-state index is -4.94. The Balaban J connectivity index is 2.24. The van der Waals surface area contributed by atoms with Crippen LogP contribution in [-0.2, 0) is 4.74 Å². The van der Waals surface area contributed by atoms with Gasteiger partial charge in [-0.25, -0.2) is 0 Å². The number of halogens is 9. The second-order valence-electron chi connectivity index (χ2n) is 6.47. The molecule has 1 unspecified atom stereocenters. The van der Waals surface area contributed by atoms with Gasteiger partial charge in [0.25, 0.3) is 0 Å². The van der Waals surface area contributed by atoms with Crippen molar-refractivity contribution in [2.75, 3.05) is 26.4 Å². The number of aliphatic hydroxyl groups is 1. The zero-order valence-electron chi connectivity index (χ0n) is 16.5. The van der Waals surface area contributed by atoms with Gasteiger partial charge in [0.1, 0.15) is 16.8 Å². The van der Waals surface area contributed by atoms with Gasteiger partial charge in [0, 0.05) is 25.3 Å². The van der Waals surface area contributed by atoms with Crippen molar-refractivity contribution in [3.8, 4) is 11.5 Å². The highest BCUT2D eigenvalue weighted by atomic mass is 35.5. The zero-order valence-corrected chi connectivity index (χ0v) is 21.1. The Morgan fingerprint density at radius 3 is 2.12 bits per heavy atom. The van der Waals surface area contributed by atoms with Crippen molar-refractivity contribution in [1.29, 1.82) is 0 Å². The van der Waals surface area contributed by atoms with E-state index in [9.17, 15) is 18.3 Å². The second kappa shape index (κ2) is 14.4. The molecule has 1 aromatic carbocycles. The number of alkyl halides is 5. The average molecular weight is 583 g/mol. The van der Waals surface area contributed by atoms with E-state index >= 15 is 0 Å². The maximum atomic E-state index is 12.6. The number of hydrogen-bond acceptors (Lipinski definition) is 4. The predicted molar refractivity (Wildman–Crippen MR) is 123 cm³/mol. The van der Waals surface area contributed by atoms with Crippen molar-refractivity contribution < 1.29 is 32.5 Å². The number of aliphatic hydroxyl groups excluding tert-OH is 1. The lowest BCUT2D eigenvalue weighted by atomic mass is 10.2. The zero-order chi connectivity index (χ0) is 24.4. The van der Waals surface area contributed by atoms with Crippen LogP contribution in [0.1, 0.15) is 25.7 Å². The Hall–Kier alpha value is 0.01000. The molecule has 4 nitrogen and oxygen atoms in total. The molecule has 32 heavy (non-hydrogen) atoms. The van der Waals surface area contributed by atoms with Crippen molar-refractivity contribution >= 4 is 69.6 Å². The van der Waals surface area contributed by atoms with Gasteiger partial charge in [-0.15, -0.1) is 0 Å². The summed E-state index contributed by atoms with van der Waals surface area (Å²) in [4.78, 5) is 0. The van der Waals surface area contributed by atoms with Gasteiger partial charge in [-0.1, -0.05) is 69.6 Å². The van der Waals surface area contributed by atoms with E-state index in [1.165, 1.54) is 6.08 Å². The standard InChI is InChI=1S/C19H21Cl6F3O4/c20-13-10-12(31-9-5-16(22)23)11-14(21)17(13)32-7-3-1-2-6-30-8-4-15(29)18(24,25)19(26,27)28/h5,10-11,15,29H,1-4,6-9H2. The Morgan fingerprint density at radius 2 is 1.56 bits per heavy atom. The number of unbranched alkanes of at least 4 members (excludes halogenated alkanes) is 2. The van der Waals surface area contributed by atoms with Crippen molar-refractivity contribution in [2.24, 2.45) is 0 Å². The highest BCUT2D eigenvalue weighted by Crippen LogP contribution is 2.43. The van der Waals surface area contributed by atoms with E-state index in [-0.39, 0.29) is 34.2 Å². The molecule has 0 radical (unpaired) electrons. The summed E-state index contributed by atoms with van der Waals surface area (Å²) in [7, 11) is 0. The number of rotatable bonds is 14. The quantitative estimate of drug-likeness (QED) is 0.180. The summed E-state index contributed by atoms with van der Waals surface area (Å²) < 4.78 is 50.9. The third kappa shape index (κ3) is 10.5. The molecule has 1 N–H and O–H groups in total. The third-order valence-electron chi connectivity index (χ3n) is 3.97. The highest BCUT2D eigenvalue weighted by molar-refractivity contribution is 6.55. The van der Waals surface area contributed by atoms with Gasteiger partial charge in [-0.2, -0.15) is 13.2 Å². The van der Waals surface area contributed by atoms with Gasteiger partial charge in [0.15, 0.2) is 5.75 Å². The lowest BCUT2D eigenvalue weighted by molar-refractivity contribution is -0.163. The van der Waals surface area contributed by atoms with Crippen LogP contribution in [0.3, 0.4) is 0 Å². The highest BCUT2D eigenvalue weighted by Gasteiger charge is 2.57. The van der Waals surface area contributed by atoms with Gasteiger partial charge in [-0.05, 0) is 31.8 Å². The summed E-state index contributed by atoms with van der Waals surface area (Å²) in [5, 5.41) is 10.1. The Morgan fingerprint density at radius 1 is 0.969 bits per heavy atom. The van der Waals surface area contributed by atoms with Crippen LogP contribution < -0.4 is 9.47 Å². The lowest BCUT2D eigenvalue weighted by Crippen LogP contribution is -2.45. The summed E-state index contributed by atoms with van der Waals surface area (Å²) in [6.07, 6.45) is -3.78. The first kappa shape index (κ1) is 30.0. The maximum absolute atomic E-state index is 12.6. The molecule has 184 valence electrons. The van der Waals surface area contributed by atoms with Gasteiger partial charge in [-0.3, -0.25) is 0 Å². The molecule has 13 heteroatoms. The van der Waals surface area contributed by atoms with Crippen LogP contribution in [0.2, 0.25) is 10.0 Å². The molecular weight excluding hydrogens is 562 g/mol. The molecular formula is C19H21Cl6F3O4. The van der Waals surface area contributed by atoms with Crippen LogP contribution in [0.4, 0.5) is 13.2 Å². The molecule has 0 amide bonds. The first-order valence-electron chi connectivity index (χ1n) is 9.32. The van der Waals surface area contributed by atoms with Crippen LogP contribution >= 0.6 is 69.6 Å². The van der Waals surface area contributed by atoms with E-state index in [4.69, 9.17) is 83.8 Å². The largest absolute Gasteiger partial charge is 0.490 e. The molecule has 0 spiro atoms. The van der Waals surface area contributed by atoms with Gasteiger partial charge < -0.3 is 19.3 Å². The fourth-order valence-electron chi connectivity index (χ4n) is 2.28. The molecule has 1 aromatic rings. The summed E-state index contributed by atoms with van der Waals surface area (Å²) in [5.41, 5.74) is 0. The molecule has 0 fully saturated rings. The van der Waals surface area contributed by atoms with Crippen molar-refractivity contribution in [1.82, 2.24) is 0 Å². The fourth-order valence-corrected chi connectivity index (χ4v) is 3.20. The number of benzene rings is 1. The number of ether oxygens (including phenoxy) is 3. The third-order valence-corrected chi connectivity index (χ3v) is 5.77. The van der Waals surface area contributed by atoms with Crippen LogP contribution in [0.15, 0.2) is 22.7 Å². The van der Waals surface area contributed by atoms with Crippen molar-refractivity contribution in [3.63, 3.8) is 0 Å². The minimum absolute atomic E-state index is 0.0825. The van der Waals surface area contributed by atoms with Gasteiger partial charge in [0.05, 0.1) is 22.8 Å². The van der Waals surface area contributed by atoms with E-state index in [0.717, 1.165) is 6.42 Å². The SMILES string of the molecule is OC(CCOCCCCCOc1c(Cl)cc(OCC=C(Cl)Cl)cc1Cl)C(Cl)(Cl)C(F)(F)F. The average Bonchev–Trinajstić information content (AvgIpc) is 2.66. The molecule has 0 saturated carbocycles. The van der Waals surface area contributed by atoms with E-state index in [1.54, 1.807) is 12.1 Å². The number of hydrogen-bond donors (Lipinski definition) is 1. The molecule has 1 rings (SSSR count). The van der Waals surface area contributed by atoms with Crippen LogP contribution in [0.5, 0.6) is 11.5 Å². The normalized spacial score (nSPS) is 13.1. The van der Waals surface area contributed by atoms with E-state index < -0.39 is 16.6 Å². The Labute approximate surface area is 214 Å². The molecule has 0 bridgehead atoms. The fraction of sp³-hybridized carbons (Fsp3) is 0.579. The summed E-state index contributed by atoms with van der Waals surface area (Å²) in [6.45, 7) is 0.679. The maximum Gasteiger partial charge on any atom is 0.424 e. The van der Waals surface area contributed by atoms with Crippen molar-refractivity contribution in [2.45, 2.75) is 42.3 Å². The molecule has 0 aliphatic heterocycles. The molecule has 0 aromatic heterocycles. The molecule has 1 atom stereocenters. The summed E-state index contributed by atoms with van der Waals surface area (Å²) in [6, 6.07) is 3.10. The second-order valence-corrected chi connectivity index (χ2v) is 9.68. The van der Waals surface area contributed by atoms with Gasteiger partial charge >= 0.3 is 6.18 Å². The van der Waals surface area contributed by atoms with Crippen molar-refractivity contribution in [3.05, 3.63) is 32.7 Å². The monoisotopic (exact) mass is 580 g/mol. The molecule has 0 saturated heterocycles. The van der Waals surface area contributed by atoms with Crippen LogP contribution in [0, 0.1) is 0 Å². The van der Waals surface area contributed by atoms with E-state index in [2.05, 4.69) is 0 Å². The molecule has 0 aliphatic carbocycles. The van der Waals surface area contributed by atoms with Crippen LogP contribution in [-0.4, -0.2) is 48.1 Å². The summed E-state index contributed by atoms with van der Waals surface area (Å²) in [5.74, 6) is 0.753. The molecule has 0 heterocycles. The lowest BCUT2D eigenvalue weighted by Gasteiger charge is -2.27. The smallest absolute Gasteiger partial charge is 0.424 e. The Kier molecular flexibility index (Phi) is 13.5. The van der Waals surface area contributed by atoms with Gasteiger partial charge in [0.2, 0.25) is 4.33 Å².